The van der Waals surface area contributed by atoms with Crippen LogP contribution < -0.4 is 0 Å². The Morgan fingerprint density at radius 2 is 2.10 bits per heavy atom. The number of nitrogens with zero attached hydrogens (tertiary/aromatic N) is 1. The van der Waals surface area contributed by atoms with Crippen molar-refractivity contribution >= 4 is 29.0 Å². The Balaban J connectivity index is 1.51. The number of allylic oxidation sites excluding steroid dienone is 1. The maximum absolute atomic E-state index is 13.4. The number of hydrogen-bond donors (Lipinski definition) is 0. The number of esters is 1. The lowest BCUT2D eigenvalue weighted by Crippen LogP contribution is -2.33. The molecule has 3 rings (SSSR count). The summed E-state index contributed by atoms with van der Waals surface area (Å²) in [6, 6.07) is 8.27. The Kier molecular flexibility index (Phi) is 7.74. The summed E-state index contributed by atoms with van der Waals surface area (Å²) in [5.74, 6) is -0.593. The van der Waals surface area contributed by atoms with Crippen LogP contribution in [-0.4, -0.2) is 42.3 Å². The summed E-state index contributed by atoms with van der Waals surface area (Å²) in [6.07, 6.45) is 6.28. The normalized spacial score (nSPS) is 16.3. The predicted molar refractivity (Wildman–Crippen MR) is 118 cm³/mol. The van der Waals surface area contributed by atoms with E-state index >= 15 is 0 Å². The average Bonchev–Trinajstić information content (AvgIpc) is 3.36. The van der Waals surface area contributed by atoms with E-state index in [2.05, 4.69) is 0 Å². The van der Waals surface area contributed by atoms with Gasteiger partial charge in [-0.25, -0.2) is 9.18 Å². The highest BCUT2D eigenvalue weighted by Gasteiger charge is 2.28. The first kappa shape index (κ1) is 22.9. The first-order chi connectivity index (χ1) is 14.9. The number of methoxy groups -OCH3 is 1. The van der Waals surface area contributed by atoms with E-state index in [0.29, 0.717) is 29.8 Å². The first-order valence-corrected chi connectivity index (χ1v) is 11.1. The molecule has 1 aliphatic rings. The van der Waals surface area contributed by atoms with E-state index in [1.165, 1.54) is 30.6 Å². The number of ketones is 1. The number of halogens is 1. The molecule has 164 valence electrons. The Hall–Kier alpha value is -2.80. The molecule has 1 fully saturated rings. The van der Waals surface area contributed by atoms with Crippen LogP contribution in [-0.2, 0) is 27.2 Å². The van der Waals surface area contributed by atoms with Gasteiger partial charge in [-0.1, -0.05) is 18.2 Å². The second kappa shape index (κ2) is 10.5. The van der Waals surface area contributed by atoms with Crippen molar-refractivity contribution in [3.8, 4) is 0 Å². The number of amides is 1. The number of ether oxygens (including phenoxy) is 1. The summed E-state index contributed by atoms with van der Waals surface area (Å²) >= 11 is 1.41. The van der Waals surface area contributed by atoms with Crippen molar-refractivity contribution in [2.45, 2.75) is 45.1 Å². The fraction of sp³-hybridized carbons (Fsp3) is 0.375. The molecule has 2 aromatic rings. The highest BCUT2D eigenvalue weighted by atomic mass is 32.1. The van der Waals surface area contributed by atoms with E-state index in [-0.39, 0.29) is 35.9 Å². The number of hydrogen-bond acceptors (Lipinski definition) is 5. The third-order valence-electron chi connectivity index (χ3n) is 5.35. The number of carbonyl (C=O) groups excluding carboxylic acids is 3. The number of aryl methyl sites for hydroxylation is 2. The summed E-state index contributed by atoms with van der Waals surface area (Å²) in [6.45, 7) is 2.28. The van der Waals surface area contributed by atoms with Crippen molar-refractivity contribution in [1.82, 2.24) is 4.90 Å². The van der Waals surface area contributed by atoms with Gasteiger partial charge in [0.05, 0.1) is 13.2 Å². The number of benzene rings is 1. The lowest BCUT2D eigenvalue weighted by Gasteiger charge is -2.22. The zero-order valence-electron chi connectivity index (χ0n) is 17.7. The molecule has 1 aliphatic heterocycles. The lowest BCUT2D eigenvalue weighted by atomic mass is 10.0. The van der Waals surface area contributed by atoms with Gasteiger partial charge in [0.1, 0.15) is 10.7 Å². The molecule has 0 spiro atoms. The molecule has 0 saturated carbocycles. The summed E-state index contributed by atoms with van der Waals surface area (Å²) in [4.78, 5) is 39.6. The van der Waals surface area contributed by atoms with Crippen LogP contribution in [0.25, 0.3) is 0 Å². The summed E-state index contributed by atoms with van der Waals surface area (Å²) in [5, 5.41) is 0. The van der Waals surface area contributed by atoms with E-state index in [1.54, 1.807) is 25.1 Å². The van der Waals surface area contributed by atoms with Gasteiger partial charge in [-0.2, -0.15) is 0 Å². The Morgan fingerprint density at radius 1 is 1.29 bits per heavy atom. The zero-order valence-corrected chi connectivity index (χ0v) is 18.5. The second-order valence-corrected chi connectivity index (χ2v) is 8.81. The van der Waals surface area contributed by atoms with Gasteiger partial charge in [-0.3, -0.25) is 9.59 Å². The van der Waals surface area contributed by atoms with Gasteiger partial charge in [0.15, 0.2) is 5.78 Å². The molecule has 0 radical (unpaired) electrons. The van der Waals surface area contributed by atoms with Crippen LogP contribution >= 0.6 is 11.3 Å². The largest absolute Gasteiger partial charge is 0.465 e. The van der Waals surface area contributed by atoms with Crippen molar-refractivity contribution < 1.29 is 23.5 Å². The van der Waals surface area contributed by atoms with E-state index in [9.17, 15) is 18.8 Å². The lowest BCUT2D eigenvalue weighted by molar-refractivity contribution is -0.128. The topological polar surface area (TPSA) is 63.7 Å². The number of carbonyl (C=O) groups is 3. The Labute approximate surface area is 185 Å². The summed E-state index contributed by atoms with van der Waals surface area (Å²) in [5.41, 5.74) is 1.29. The molecular weight excluding hydrogens is 417 g/mol. The highest BCUT2D eigenvalue weighted by molar-refractivity contribution is 7.13. The van der Waals surface area contributed by atoms with E-state index < -0.39 is 0 Å². The van der Waals surface area contributed by atoms with Crippen LogP contribution in [0, 0.1) is 12.7 Å². The summed E-state index contributed by atoms with van der Waals surface area (Å²) < 4.78 is 18.1. The molecular formula is C24H26FNO4S. The summed E-state index contributed by atoms with van der Waals surface area (Å²) in [7, 11) is 1.36. The quantitative estimate of drug-likeness (QED) is 0.429. The maximum atomic E-state index is 13.4. The fourth-order valence-corrected chi connectivity index (χ4v) is 4.66. The molecule has 2 heterocycles. The van der Waals surface area contributed by atoms with Gasteiger partial charge < -0.3 is 9.64 Å². The van der Waals surface area contributed by atoms with E-state index in [4.69, 9.17) is 4.74 Å². The Morgan fingerprint density at radius 3 is 2.84 bits per heavy atom. The predicted octanol–water partition coefficient (Wildman–Crippen LogP) is 4.27. The monoisotopic (exact) mass is 443 g/mol. The molecule has 1 aromatic heterocycles. The van der Waals surface area contributed by atoms with E-state index in [1.807, 2.05) is 17.0 Å². The third kappa shape index (κ3) is 6.10. The van der Waals surface area contributed by atoms with Crippen molar-refractivity contribution in [3.63, 3.8) is 0 Å². The standard InChI is InChI=1S/C24H26FNO4S/c1-16-14-17(5-10-21(16)25)15-19(27)8-6-18-7-12-23(28)26(18)13-3-4-20-9-11-22(31-20)24(29)30-2/h5-6,8-11,14,18H,3-4,7,12-13,15H2,1-2H3/t18-/m0/s1. The van der Waals surface area contributed by atoms with Crippen LogP contribution in [0.5, 0.6) is 0 Å². The molecule has 1 atom stereocenters. The average molecular weight is 444 g/mol. The van der Waals surface area contributed by atoms with Crippen LogP contribution in [0.2, 0.25) is 0 Å². The van der Waals surface area contributed by atoms with Crippen LogP contribution in [0.1, 0.15) is 44.9 Å². The minimum absolute atomic E-state index is 0.0702. The number of thiophene rings is 1. The van der Waals surface area contributed by atoms with Gasteiger partial charge in [-0.15, -0.1) is 11.3 Å². The highest BCUT2D eigenvalue weighted by Crippen LogP contribution is 2.23. The SMILES string of the molecule is COC(=O)c1ccc(CCCN2C(=O)CC[C@@H]2C=CC(=O)Cc2ccc(F)c(C)c2)s1. The fourth-order valence-electron chi connectivity index (χ4n) is 3.69. The van der Waals surface area contributed by atoms with Gasteiger partial charge in [0, 0.05) is 24.3 Å². The molecule has 1 aromatic carbocycles. The molecule has 1 saturated heterocycles. The Bertz CT molecular complexity index is 997. The molecule has 0 bridgehead atoms. The molecule has 5 nitrogen and oxygen atoms in total. The molecule has 0 aliphatic carbocycles. The second-order valence-electron chi connectivity index (χ2n) is 7.64. The van der Waals surface area contributed by atoms with Crippen LogP contribution in [0.4, 0.5) is 4.39 Å². The number of likely N-dealkylation sites (tertiary alicyclic amines) is 1. The van der Waals surface area contributed by atoms with Crippen LogP contribution in [0.3, 0.4) is 0 Å². The van der Waals surface area contributed by atoms with Crippen LogP contribution in [0.15, 0.2) is 42.5 Å². The first-order valence-electron chi connectivity index (χ1n) is 10.3. The molecule has 0 N–H and O–H groups in total. The molecule has 0 unspecified atom stereocenters. The molecule has 1 amide bonds. The van der Waals surface area contributed by atoms with Crippen molar-refractivity contribution in [2.24, 2.45) is 0 Å². The van der Waals surface area contributed by atoms with Gasteiger partial charge in [-0.05, 0) is 61.6 Å². The minimum atomic E-state index is -0.336. The van der Waals surface area contributed by atoms with Gasteiger partial charge >= 0.3 is 5.97 Å². The van der Waals surface area contributed by atoms with E-state index in [0.717, 1.165) is 23.3 Å². The van der Waals surface area contributed by atoms with Gasteiger partial charge in [0.25, 0.3) is 0 Å². The molecule has 7 heteroatoms. The number of rotatable bonds is 9. The third-order valence-corrected chi connectivity index (χ3v) is 6.48. The van der Waals surface area contributed by atoms with Crippen molar-refractivity contribution in [2.75, 3.05) is 13.7 Å². The van der Waals surface area contributed by atoms with Gasteiger partial charge in [0.2, 0.25) is 5.91 Å². The zero-order chi connectivity index (χ0) is 22.4. The maximum Gasteiger partial charge on any atom is 0.348 e. The molecule has 31 heavy (non-hydrogen) atoms. The van der Waals surface area contributed by atoms with Crippen molar-refractivity contribution in [3.05, 3.63) is 69.2 Å². The smallest absolute Gasteiger partial charge is 0.348 e. The minimum Gasteiger partial charge on any atom is -0.465 e. The van der Waals surface area contributed by atoms with Crippen molar-refractivity contribution in [1.29, 1.82) is 0 Å².